The lowest BCUT2D eigenvalue weighted by Crippen LogP contribution is -2.31. The van der Waals surface area contributed by atoms with Gasteiger partial charge in [-0.2, -0.15) is 0 Å². The van der Waals surface area contributed by atoms with Gasteiger partial charge in [-0.1, -0.05) is 43.6 Å². The number of hydrogen-bond acceptors (Lipinski definition) is 4. The Labute approximate surface area is 168 Å². The number of rotatable bonds is 5. The average molecular weight is 401 g/mol. The van der Waals surface area contributed by atoms with E-state index in [9.17, 15) is 9.59 Å². The summed E-state index contributed by atoms with van der Waals surface area (Å²) in [6, 6.07) is 14.4. The Bertz CT molecular complexity index is 920. The van der Waals surface area contributed by atoms with E-state index in [-0.39, 0.29) is 17.1 Å². The molecule has 27 heavy (non-hydrogen) atoms. The quantitative estimate of drug-likeness (QED) is 0.674. The Kier molecular flexibility index (Phi) is 5.63. The van der Waals surface area contributed by atoms with Crippen molar-refractivity contribution in [1.29, 1.82) is 0 Å². The van der Waals surface area contributed by atoms with Crippen LogP contribution >= 0.6 is 23.4 Å². The fourth-order valence-electron chi connectivity index (χ4n) is 2.87. The Hall–Kier alpha value is -2.24. The summed E-state index contributed by atoms with van der Waals surface area (Å²) in [5.74, 6) is -0.582. The van der Waals surface area contributed by atoms with Crippen molar-refractivity contribution in [3.63, 3.8) is 0 Å². The number of carbonyl (C=O) groups excluding carboxylic acids is 2. The number of benzene rings is 2. The van der Waals surface area contributed by atoms with Crippen LogP contribution in [0.3, 0.4) is 0 Å². The van der Waals surface area contributed by atoms with E-state index >= 15 is 0 Å². The molecule has 1 aliphatic rings. The highest BCUT2D eigenvalue weighted by atomic mass is 35.5. The first-order valence-corrected chi connectivity index (χ1v) is 9.88. The maximum atomic E-state index is 13.3. The Morgan fingerprint density at radius 2 is 1.67 bits per heavy atom. The van der Waals surface area contributed by atoms with E-state index in [0.717, 1.165) is 5.69 Å². The Balaban J connectivity index is 2.09. The number of hydrogen-bond donors (Lipinski definition) is 0. The Morgan fingerprint density at radius 3 is 2.26 bits per heavy atom. The molecule has 0 spiro atoms. The van der Waals surface area contributed by atoms with Gasteiger partial charge >= 0.3 is 0 Å². The maximum Gasteiger partial charge on any atom is 0.272 e. The minimum absolute atomic E-state index is 0.173. The molecule has 0 N–H and O–H groups in total. The molecule has 3 rings (SSSR count). The van der Waals surface area contributed by atoms with Gasteiger partial charge in [-0.3, -0.25) is 9.59 Å². The lowest BCUT2D eigenvalue weighted by atomic mass is 10.1. The van der Waals surface area contributed by atoms with Crippen LogP contribution < -0.4 is 9.80 Å². The average Bonchev–Trinajstić information content (AvgIpc) is 2.85. The number of carbonyl (C=O) groups is 2. The van der Waals surface area contributed by atoms with Crippen molar-refractivity contribution in [2.45, 2.75) is 19.1 Å². The zero-order valence-corrected chi connectivity index (χ0v) is 17.3. The van der Waals surface area contributed by atoms with Crippen LogP contribution in [0.25, 0.3) is 5.57 Å². The van der Waals surface area contributed by atoms with E-state index in [4.69, 9.17) is 11.6 Å². The van der Waals surface area contributed by atoms with Crippen molar-refractivity contribution < 1.29 is 9.59 Å². The summed E-state index contributed by atoms with van der Waals surface area (Å²) in [4.78, 5) is 30.1. The van der Waals surface area contributed by atoms with E-state index < -0.39 is 0 Å². The molecule has 1 heterocycles. The molecule has 0 radical (unpaired) electrons. The van der Waals surface area contributed by atoms with E-state index in [1.54, 1.807) is 30.3 Å². The summed E-state index contributed by atoms with van der Waals surface area (Å²) in [5, 5.41) is 0.761. The van der Waals surface area contributed by atoms with Crippen molar-refractivity contribution in [1.82, 2.24) is 0 Å². The molecular weight excluding hydrogens is 380 g/mol. The standard InChI is InChI=1S/C21H21ClN2O2S/c1-13(2)27-19-18(14-8-10-15(22)11-9-14)20(25)24(21(19)26)17-7-5-6-16(12-17)23(3)4/h5-13H,1-4H3. The molecular formula is C21H21ClN2O2S. The van der Waals surface area contributed by atoms with Crippen molar-refractivity contribution in [2.24, 2.45) is 0 Å². The third kappa shape index (κ3) is 3.89. The summed E-state index contributed by atoms with van der Waals surface area (Å²) in [5.41, 5.74) is 2.63. The van der Waals surface area contributed by atoms with E-state index in [1.807, 2.05) is 51.0 Å². The molecule has 0 unspecified atom stereocenters. The second-order valence-corrected chi connectivity index (χ2v) is 8.76. The third-order valence-electron chi connectivity index (χ3n) is 4.13. The number of thioether (sulfide) groups is 1. The maximum absolute atomic E-state index is 13.3. The second kappa shape index (κ2) is 7.79. The van der Waals surface area contributed by atoms with Gasteiger partial charge in [0.1, 0.15) is 0 Å². The fraction of sp³-hybridized carbons (Fsp3) is 0.238. The van der Waals surface area contributed by atoms with Crippen LogP contribution in [0.5, 0.6) is 0 Å². The smallest absolute Gasteiger partial charge is 0.272 e. The third-order valence-corrected chi connectivity index (χ3v) is 5.47. The number of halogens is 1. The second-order valence-electron chi connectivity index (χ2n) is 6.74. The molecule has 4 nitrogen and oxygen atoms in total. The van der Waals surface area contributed by atoms with Crippen molar-refractivity contribution in [3.8, 4) is 0 Å². The van der Waals surface area contributed by atoms with Crippen LogP contribution in [0.4, 0.5) is 11.4 Å². The molecule has 0 aromatic heterocycles. The first-order chi connectivity index (χ1) is 12.8. The van der Waals surface area contributed by atoms with E-state index in [0.29, 0.717) is 26.8 Å². The van der Waals surface area contributed by atoms with Gasteiger partial charge in [-0.15, -0.1) is 11.8 Å². The molecule has 2 amide bonds. The van der Waals surface area contributed by atoms with Crippen molar-refractivity contribution >= 4 is 52.1 Å². The lowest BCUT2D eigenvalue weighted by Gasteiger charge is -2.19. The number of imide groups is 1. The molecule has 0 saturated carbocycles. The molecule has 6 heteroatoms. The van der Waals surface area contributed by atoms with Gasteiger partial charge in [-0.25, -0.2) is 4.90 Å². The van der Waals surface area contributed by atoms with Crippen LogP contribution in [-0.4, -0.2) is 31.2 Å². The number of amides is 2. The largest absolute Gasteiger partial charge is 0.378 e. The lowest BCUT2D eigenvalue weighted by molar-refractivity contribution is -0.119. The van der Waals surface area contributed by atoms with Crippen molar-refractivity contribution in [2.75, 3.05) is 23.9 Å². The molecule has 0 bridgehead atoms. The minimum atomic E-state index is -0.304. The monoisotopic (exact) mass is 400 g/mol. The summed E-state index contributed by atoms with van der Waals surface area (Å²) in [6.07, 6.45) is 0. The molecule has 0 atom stereocenters. The van der Waals surface area contributed by atoms with Crippen LogP contribution in [0.15, 0.2) is 53.4 Å². The summed E-state index contributed by atoms with van der Waals surface area (Å²) < 4.78 is 0. The highest BCUT2D eigenvalue weighted by Gasteiger charge is 2.40. The molecule has 0 fully saturated rings. The first-order valence-electron chi connectivity index (χ1n) is 8.62. The van der Waals surface area contributed by atoms with Crippen LogP contribution in [0.2, 0.25) is 5.02 Å². The van der Waals surface area contributed by atoms with Gasteiger partial charge in [0, 0.05) is 30.1 Å². The summed E-state index contributed by atoms with van der Waals surface area (Å²) in [6.45, 7) is 4.01. The zero-order chi connectivity index (χ0) is 19.7. The van der Waals surface area contributed by atoms with Crippen LogP contribution in [-0.2, 0) is 9.59 Å². The molecule has 0 aliphatic carbocycles. The van der Waals surface area contributed by atoms with Gasteiger partial charge in [0.05, 0.1) is 16.2 Å². The van der Waals surface area contributed by atoms with Crippen LogP contribution in [0, 0.1) is 0 Å². The van der Waals surface area contributed by atoms with Crippen molar-refractivity contribution in [3.05, 3.63) is 64.0 Å². The van der Waals surface area contributed by atoms with E-state index in [2.05, 4.69) is 0 Å². The topological polar surface area (TPSA) is 40.6 Å². The first kappa shape index (κ1) is 19.5. The van der Waals surface area contributed by atoms with Gasteiger partial charge in [-0.05, 0) is 35.9 Å². The number of nitrogens with zero attached hydrogens (tertiary/aromatic N) is 2. The van der Waals surface area contributed by atoms with Gasteiger partial charge in [0.2, 0.25) is 0 Å². The molecule has 2 aromatic rings. The normalized spacial score (nSPS) is 14.5. The fourth-order valence-corrected chi connectivity index (χ4v) is 3.98. The van der Waals surface area contributed by atoms with Gasteiger partial charge in [0.15, 0.2) is 0 Å². The molecule has 1 aliphatic heterocycles. The highest BCUT2D eigenvalue weighted by molar-refractivity contribution is 8.04. The number of anilines is 2. The van der Waals surface area contributed by atoms with Gasteiger partial charge < -0.3 is 4.90 Å². The predicted octanol–water partition coefficient (Wildman–Crippen LogP) is 4.83. The minimum Gasteiger partial charge on any atom is -0.378 e. The van der Waals surface area contributed by atoms with Gasteiger partial charge in [0.25, 0.3) is 11.8 Å². The zero-order valence-electron chi connectivity index (χ0n) is 15.7. The molecule has 0 saturated heterocycles. The SMILES string of the molecule is CC(C)SC1=C(c2ccc(Cl)cc2)C(=O)N(c2cccc(N(C)C)c2)C1=O. The Morgan fingerprint density at radius 1 is 1.00 bits per heavy atom. The summed E-state index contributed by atoms with van der Waals surface area (Å²) in [7, 11) is 3.84. The van der Waals surface area contributed by atoms with E-state index in [1.165, 1.54) is 16.7 Å². The summed E-state index contributed by atoms with van der Waals surface area (Å²) >= 11 is 7.40. The highest BCUT2D eigenvalue weighted by Crippen LogP contribution is 2.40. The molecule has 2 aromatic carbocycles. The van der Waals surface area contributed by atoms with Crippen LogP contribution in [0.1, 0.15) is 19.4 Å². The predicted molar refractivity (Wildman–Crippen MR) is 114 cm³/mol. The molecule has 140 valence electrons.